The standard InChI is InChI=1S/C12H18N6OS/c1-3-9(13)5-8-6-14-10(15-7-8)20-12-17-16-11(19)18(12)4-2/h6-7,9H,3-5,13H2,1-2H3,(H,16,19). The van der Waals surface area contributed by atoms with E-state index in [1.54, 1.807) is 12.4 Å². The third-order valence-electron chi connectivity index (χ3n) is 2.93. The van der Waals surface area contributed by atoms with E-state index >= 15 is 0 Å². The Morgan fingerprint density at radius 3 is 2.70 bits per heavy atom. The first-order valence-electron chi connectivity index (χ1n) is 6.53. The van der Waals surface area contributed by atoms with Crippen molar-refractivity contribution in [1.82, 2.24) is 24.7 Å². The van der Waals surface area contributed by atoms with Gasteiger partial charge in [-0.15, -0.1) is 5.10 Å². The van der Waals surface area contributed by atoms with Gasteiger partial charge in [0.1, 0.15) is 0 Å². The lowest BCUT2D eigenvalue weighted by atomic mass is 10.1. The molecule has 0 fully saturated rings. The normalized spacial score (nSPS) is 12.6. The van der Waals surface area contributed by atoms with E-state index in [0.717, 1.165) is 18.4 Å². The molecule has 0 amide bonds. The zero-order valence-corrected chi connectivity index (χ0v) is 12.4. The van der Waals surface area contributed by atoms with Crippen molar-refractivity contribution in [3.05, 3.63) is 28.4 Å². The molecule has 2 aromatic heterocycles. The van der Waals surface area contributed by atoms with Gasteiger partial charge in [0.05, 0.1) is 0 Å². The number of aromatic amines is 1. The molecule has 0 spiro atoms. The first-order chi connectivity index (χ1) is 9.63. The van der Waals surface area contributed by atoms with Crippen LogP contribution in [0.5, 0.6) is 0 Å². The Morgan fingerprint density at radius 1 is 1.40 bits per heavy atom. The van der Waals surface area contributed by atoms with Gasteiger partial charge < -0.3 is 5.73 Å². The number of hydrogen-bond acceptors (Lipinski definition) is 6. The van der Waals surface area contributed by atoms with Crippen LogP contribution in [0, 0.1) is 0 Å². The molecule has 8 heteroatoms. The molecule has 0 aliphatic carbocycles. The van der Waals surface area contributed by atoms with E-state index in [1.807, 2.05) is 6.92 Å². The van der Waals surface area contributed by atoms with Gasteiger partial charge >= 0.3 is 5.69 Å². The van der Waals surface area contributed by atoms with E-state index in [0.29, 0.717) is 16.9 Å². The summed E-state index contributed by atoms with van der Waals surface area (Å²) in [6.45, 7) is 4.50. The van der Waals surface area contributed by atoms with Crippen LogP contribution in [0.15, 0.2) is 27.5 Å². The summed E-state index contributed by atoms with van der Waals surface area (Å²) in [7, 11) is 0. The molecule has 0 saturated heterocycles. The molecule has 0 saturated carbocycles. The summed E-state index contributed by atoms with van der Waals surface area (Å²) < 4.78 is 1.54. The molecule has 108 valence electrons. The quantitative estimate of drug-likeness (QED) is 0.764. The fourth-order valence-corrected chi connectivity index (χ4v) is 2.48. The smallest absolute Gasteiger partial charge is 0.327 e. The number of nitrogens with zero attached hydrogens (tertiary/aromatic N) is 4. The Balaban J connectivity index is 2.09. The topological polar surface area (TPSA) is 102 Å². The van der Waals surface area contributed by atoms with Crippen molar-refractivity contribution in [3.8, 4) is 0 Å². The molecular formula is C12H18N6OS. The summed E-state index contributed by atoms with van der Waals surface area (Å²) in [6.07, 6.45) is 5.23. The molecular weight excluding hydrogens is 276 g/mol. The fraction of sp³-hybridized carbons (Fsp3) is 0.500. The second-order valence-electron chi connectivity index (χ2n) is 4.40. The molecule has 0 radical (unpaired) electrons. The Labute approximate surface area is 121 Å². The molecule has 2 heterocycles. The SMILES string of the molecule is CCC(N)Cc1cnc(Sc2n[nH]c(=O)n2CC)nc1. The number of nitrogens with two attached hydrogens (primary N) is 1. The molecule has 20 heavy (non-hydrogen) atoms. The average Bonchev–Trinajstić information content (AvgIpc) is 2.81. The van der Waals surface area contributed by atoms with Crippen molar-refractivity contribution in [2.75, 3.05) is 0 Å². The maximum absolute atomic E-state index is 11.4. The minimum atomic E-state index is -0.222. The van der Waals surface area contributed by atoms with Crippen LogP contribution in [0.3, 0.4) is 0 Å². The Morgan fingerprint density at radius 2 is 2.10 bits per heavy atom. The van der Waals surface area contributed by atoms with Crippen LogP contribution in [0.1, 0.15) is 25.8 Å². The van der Waals surface area contributed by atoms with Gasteiger partial charge in [-0.05, 0) is 37.1 Å². The second-order valence-corrected chi connectivity index (χ2v) is 5.34. The molecule has 0 aliphatic rings. The van der Waals surface area contributed by atoms with E-state index in [1.165, 1.54) is 16.3 Å². The Hall–Kier alpha value is -1.67. The molecule has 1 atom stereocenters. The molecule has 2 aromatic rings. The average molecular weight is 294 g/mol. The van der Waals surface area contributed by atoms with E-state index in [2.05, 4.69) is 27.1 Å². The van der Waals surface area contributed by atoms with Crippen molar-refractivity contribution in [3.63, 3.8) is 0 Å². The minimum absolute atomic E-state index is 0.133. The minimum Gasteiger partial charge on any atom is -0.327 e. The van der Waals surface area contributed by atoms with Gasteiger partial charge in [0.2, 0.25) is 0 Å². The Kier molecular flexibility index (Phi) is 4.91. The highest BCUT2D eigenvalue weighted by atomic mass is 32.2. The predicted octanol–water partition coefficient (Wildman–Crippen LogP) is 0.812. The van der Waals surface area contributed by atoms with Crippen LogP contribution in [0.4, 0.5) is 0 Å². The molecule has 2 rings (SSSR count). The maximum Gasteiger partial charge on any atom is 0.343 e. The summed E-state index contributed by atoms with van der Waals surface area (Å²) in [6, 6.07) is 0.133. The first kappa shape index (κ1) is 14.7. The highest BCUT2D eigenvalue weighted by Crippen LogP contribution is 2.20. The zero-order valence-electron chi connectivity index (χ0n) is 11.5. The van der Waals surface area contributed by atoms with Gasteiger partial charge in [-0.1, -0.05) is 6.92 Å². The van der Waals surface area contributed by atoms with E-state index in [4.69, 9.17) is 5.73 Å². The molecule has 0 bridgehead atoms. The van der Waals surface area contributed by atoms with Crippen molar-refractivity contribution in [1.29, 1.82) is 0 Å². The van der Waals surface area contributed by atoms with Gasteiger partial charge in [0, 0.05) is 25.0 Å². The highest BCUT2D eigenvalue weighted by Gasteiger charge is 2.10. The molecule has 3 N–H and O–H groups in total. The largest absolute Gasteiger partial charge is 0.343 e. The van der Waals surface area contributed by atoms with Crippen molar-refractivity contribution < 1.29 is 0 Å². The summed E-state index contributed by atoms with van der Waals surface area (Å²) in [4.78, 5) is 20.0. The van der Waals surface area contributed by atoms with Crippen LogP contribution < -0.4 is 11.4 Å². The third-order valence-corrected chi connectivity index (χ3v) is 3.81. The van der Waals surface area contributed by atoms with Crippen molar-refractivity contribution >= 4 is 11.8 Å². The number of H-pyrrole nitrogens is 1. The van der Waals surface area contributed by atoms with E-state index in [9.17, 15) is 4.79 Å². The number of hydrogen-bond donors (Lipinski definition) is 2. The van der Waals surface area contributed by atoms with Crippen LogP contribution in [-0.4, -0.2) is 30.8 Å². The molecule has 7 nitrogen and oxygen atoms in total. The van der Waals surface area contributed by atoms with Crippen molar-refractivity contribution in [2.45, 2.75) is 49.6 Å². The van der Waals surface area contributed by atoms with Gasteiger partial charge in [-0.25, -0.2) is 19.9 Å². The highest BCUT2D eigenvalue weighted by molar-refractivity contribution is 7.99. The number of nitrogens with one attached hydrogen (secondary N) is 1. The second kappa shape index (κ2) is 6.67. The predicted molar refractivity (Wildman–Crippen MR) is 76.6 cm³/mol. The number of aromatic nitrogens is 5. The summed E-state index contributed by atoms with van der Waals surface area (Å²) in [5, 5.41) is 7.50. The molecule has 0 aromatic carbocycles. The maximum atomic E-state index is 11.4. The third kappa shape index (κ3) is 3.45. The Bertz CT molecular complexity index is 605. The van der Waals surface area contributed by atoms with Crippen LogP contribution in [0.2, 0.25) is 0 Å². The lowest BCUT2D eigenvalue weighted by Gasteiger charge is -2.07. The van der Waals surface area contributed by atoms with Crippen molar-refractivity contribution in [2.24, 2.45) is 5.73 Å². The first-order valence-corrected chi connectivity index (χ1v) is 7.35. The fourth-order valence-electron chi connectivity index (χ4n) is 1.69. The van der Waals surface area contributed by atoms with Crippen LogP contribution in [0.25, 0.3) is 0 Å². The number of rotatable bonds is 6. The van der Waals surface area contributed by atoms with E-state index < -0.39 is 0 Å². The van der Waals surface area contributed by atoms with Gasteiger partial charge in [0.25, 0.3) is 0 Å². The summed E-state index contributed by atoms with van der Waals surface area (Å²) in [5.41, 5.74) is 6.69. The van der Waals surface area contributed by atoms with Crippen LogP contribution >= 0.6 is 11.8 Å². The van der Waals surface area contributed by atoms with E-state index in [-0.39, 0.29) is 11.7 Å². The lowest BCUT2D eigenvalue weighted by Crippen LogP contribution is -2.21. The van der Waals surface area contributed by atoms with Gasteiger partial charge in [-0.3, -0.25) is 4.57 Å². The van der Waals surface area contributed by atoms with Crippen LogP contribution in [-0.2, 0) is 13.0 Å². The summed E-state index contributed by atoms with van der Waals surface area (Å²) in [5.74, 6) is 0. The zero-order chi connectivity index (χ0) is 14.5. The monoisotopic (exact) mass is 294 g/mol. The summed E-state index contributed by atoms with van der Waals surface area (Å²) >= 11 is 1.26. The molecule has 0 aliphatic heterocycles. The van der Waals surface area contributed by atoms with Gasteiger partial charge in [-0.2, -0.15) is 0 Å². The van der Waals surface area contributed by atoms with Gasteiger partial charge in [0.15, 0.2) is 10.3 Å². The lowest BCUT2D eigenvalue weighted by molar-refractivity contribution is 0.640. The molecule has 1 unspecified atom stereocenters.